The highest BCUT2D eigenvalue weighted by atomic mass is 32.2. The second-order valence-corrected chi connectivity index (χ2v) is 9.57. The molecule has 0 spiro atoms. The van der Waals surface area contributed by atoms with Crippen molar-refractivity contribution in [1.29, 1.82) is 0 Å². The van der Waals surface area contributed by atoms with Crippen molar-refractivity contribution in [2.75, 3.05) is 18.1 Å². The zero-order valence-electron chi connectivity index (χ0n) is 16.7. The van der Waals surface area contributed by atoms with Gasteiger partial charge in [0.1, 0.15) is 5.82 Å². The number of hydrogen-bond acceptors (Lipinski definition) is 3. The number of likely N-dealkylation sites (tertiary alicyclic amines) is 1. The highest BCUT2D eigenvalue weighted by molar-refractivity contribution is 7.99. The monoisotopic (exact) mass is 408 g/mol. The van der Waals surface area contributed by atoms with Gasteiger partial charge in [0.25, 0.3) is 0 Å². The quantitative estimate of drug-likeness (QED) is 0.679. The van der Waals surface area contributed by atoms with Crippen LogP contribution >= 0.6 is 11.8 Å². The molecular weight excluding hydrogens is 380 g/mol. The van der Waals surface area contributed by atoms with Crippen LogP contribution in [0.2, 0.25) is 0 Å². The zero-order valence-corrected chi connectivity index (χ0v) is 17.5. The van der Waals surface area contributed by atoms with Gasteiger partial charge in [0, 0.05) is 18.9 Å². The number of benzene rings is 1. The second-order valence-electron chi connectivity index (χ2n) is 8.34. The zero-order chi connectivity index (χ0) is 19.7. The molecule has 1 atom stereocenters. The van der Waals surface area contributed by atoms with E-state index in [2.05, 4.69) is 45.0 Å². The first kappa shape index (κ1) is 18.8. The molecule has 2 aliphatic rings. The van der Waals surface area contributed by atoms with Gasteiger partial charge in [-0.05, 0) is 67.9 Å². The summed E-state index contributed by atoms with van der Waals surface area (Å²) in [5.74, 6) is 3.46. The maximum atomic E-state index is 13.6. The molecule has 2 aliphatic heterocycles. The van der Waals surface area contributed by atoms with E-state index in [1.807, 2.05) is 30.0 Å². The summed E-state index contributed by atoms with van der Waals surface area (Å²) in [6, 6.07) is 12.3. The summed E-state index contributed by atoms with van der Waals surface area (Å²) >= 11 is 2.00. The SMILES string of the molecule is O=C(CC1(n2cccc2)CCSCC1)N1CCCCC1c1nc2ccccc2[nH]1. The van der Waals surface area contributed by atoms with Crippen molar-refractivity contribution >= 4 is 28.7 Å². The molecule has 1 N–H and O–H groups in total. The molecule has 4 heterocycles. The minimum Gasteiger partial charge on any atom is -0.348 e. The first-order valence-electron chi connectivity index (χ1n) is 10.7. The molecule has 0 bridgehead atoms. The summed E-state index contributed by atoms with van der Waals surface area (Å²) in [5.41, 5.74) is 1.95. The van der Waals surface area contributed by atoms with Gasteiger partial charge in [0.2, 0.25) is 5.91 Å². The Labute approximate surface area is 175 Å². The summed E-state index contributed by atoms with van der Waals surface area (Å²) in [7, 11) is 0. The smallest absolute Gasteiger partial charge is 0.225 e. The fourth-order valence-electron chi connectivity index (χ4n) is 4.96. The van der Waals surface area contributed by atoms with Crippen LogP contribution in [-0.4, -0.2) is 43.4 Å². The topological polar surface area (TPSA) is 53.9 Å². The molecule has 1 amide bonds. The fraction of sp³-hybridized carbons (Fsp3) is 0.478. The summed E-state index contributed by atoms with van der Waals surface area (Å²) in [5, 5.41) is 0. The molecule has 1 unspecified atom stereocenters. The predicted octanol–water partition coefficient (Wildman–Crippen LogP) is 4.73. The van der Waals surface area contributed by atoms with E-state index >= 15 is 0 Å². The standard InChI is InChI=1S/C23H28N4OS/c28-21(17-23(10-15-29-16-11-23)26-12-5-6-13-26)27-14-4-3-9-20(27)22-24-18-7-1-2-8-19(18)25-22/h1-2,5-8,12-13,20H,3-4,9-11,14-17H2,(H,24,25). The third-order valence-corrected chi connectivity index (χ3v) is 7.59. The molecule has 3 aromatic rings. The Morgan fingerprint density at radius 1 is 1.14 bits per heavy atom. The Morgan fingerprint density at radius 3 is 2.72 bits per heavy atom. The van der Waals surface area contributed by atoms with E-state index < -0.39 is 0 Å². The molecule has 2 saturated heterocycles. The Hall–Kier alpha value is -2.21. The minimum absolute atomic E-state index is 0.0586. The first-order chi connectivity index (χ1) is 14.3. The predicted molar refractivity (Wildman–Crippen MR) is 118 cm³/mol. The lowest BCUT2D eigenvalue weighted by Gasteiger charge is -2.41. The van der Waals surface area contributed by atoms with Gasteiger partial charge < -0.3 is 14.5 Å². The van der Waals surface area contributed by atoms with Gasteiger partial charge in [-0.2, -0.15) is 11.8 Å². The van der Waals surface area contributed by atoms with Crippen LogP contribution in [0.5, 0.6) is 0 Å². The molecule has 5 rings (SSSR count). The molecule has 0 aliphatic carbocycles. The van der Waals surface area contributed by atoms with Crippen LogP contribution in [0.25, 0.3) is 11.0 Å². The van der Waals surface area contributed by atoms with E-state index in [4.69, 9.17) is 4.98 Å². The molecule has 6 heteroatoms. The van der Waals surface area contributed by atoms with Gasteiger partial charge in [-0.1, -0.05) is 12.1 Å². The van der Waals surface area contributed by atoms with E-state index in [1.54, 1.807) is 0 Å². The van der Waals surface area contributed by atoms with E-state index in [-0.39, 0.29) is 17.5 Å². The van der Waals surface area contributed by atoms with Crippen LogP contribution in [0.3, 0.4) is 0 Å². The molecule has 1 aromatic carbocycles. The van der Waals surface area contributed by atoms with E-state index in [0.29, 0.717) is 6.42 Å². The van der Waals surface area contributed by atoms with E-state index in [1.165, 1.54) is 0 Å². The number of para-hydroxylation sites is 2. The number of aromatic nitrogens is 3. The second kappa shape index (κ2) is 7.90. The van der Waals surface area contributed by atoms with Crippen LogP contribution in [0.4, 0.5) is 0 Å². The van der Waals surface area contributed by atoms with Crippen LogP contribution in [-0.2, 0) is 10.3 Å². The van der Waals surface area contributed by atoms with Gasteiger partial charge in [0.05, 0.1) is 29.0 Å². The van der Waals surface area contributed by atoms with E-state index in [9.17, 15) is 4.79 Å². The molecule has 29 heavy (non-hydrogen) atoms. The number of carbonyl (C=O) groups is 1. The highest BCUT2D eigenvalue weighted by Crippen LogP contribution is 2.39. The summed E-state index contributed by atoms with van der Waals surface area (Å²) in [6.07, 6.45) is 10.2. The number of nitrogens with zero attached hydrogens (tertiary/aromatic N) is 3. The minimum atomic E-state index is -0.0816. The number of aromatic amines is 1. The number of fused-ring (bicyclic) bond motifs is 1. The van der Waals surface area contributed by atoms with Gasteiger partial charge in [-0.15, -0.1) is 0 Å². The summed E-state index contributed by atoms with van der Waals surface area (Å²) < 4.78 is 2.30. The van der Waals surface area contributed by atoms with Crippen LogP contribution in [0.1, 0.15) is 50.4 Å². The third kappa shape index (κ3) is 3.59. The number of hydrogen-bond donors (Lipinski definition) is 1. The molecular formula is C23H28N4OS. The number of piperidine rings is 1. The maximum Gasteiger partial charge on any atom is 0.225 e. The molecule has 2 aromatic heterocycles. The van der Waals surface area contributed by atoms with Crippen molar-refractivity contribution in [3.63, 3.8) is 0 Å². The number of thioether (sulfide) groups is 1. The van der Waals surface area contributed by atoms with Gasteiger partial charge in [-0.3, -0.25) is 4.79 Å². The van der Waals surface area contributed by atoms with Crippen molar-refractivity contribution in [2.45, 2.75) is 50.1 Å². The van der Waals surface area contributed by atoms with E-state index in [0.717, 1.165) is 67.0 Å². The van der Waals surface area contributed by atoms with Crippen molar-refractivity contribution < 1.29 is 4.79 Å². The van der Waals surface area contributed by atoms with Crippen LogP contribution < -0.4 is 0 Å². The molecule has 152 valence electrons. The Bertz CT molecular complexity index is 941. The molecule has 0 saturated carbocycles. The largest absolute Gasteiger partial charge is 0.348 e. The first-order valence-corrected chi connectivity index (χ1v) is 11.9. The number of H-pyrrole nitrogens is 1. The normalized spacial score (nSPS) is 22.1. The molecule has 5 nitrogen and oxygen atoms in total. The van der Waals surface area contributed by atoms with Crippen molar-refractivity contribution in [2.24, 2.45) is 0 Å². The van der Waals surface area contributed by atoms with Crippen LogP contribution in [0.15, 0.2) is 48.8 Å². The number of amides is 1. The average Bonchev–Trinajstić information content (AvgIpc) is 3.45. The van der Waals surface area contributed by atoms with Crippen molar-refractivity contribution in [3.05, 3.63) is 54.6 Å². The number of nitrogens with one attached hydrogen (secondary N) is 1. The fourth-order valence-corrected chi connectivity index (χ4v) is 6.21. The maximum absolute atomic E-state index is 13.6. The number of carbonyl (C=O) groups excluding carboxylic acids is 1. The van der Waals surface area contributed by atoms with Crippen molar-refractivity contribution in [1.82, 2.24) is 19.4 Å². The average molecular weight is 409 g/mol. The number of imidazole rings is 1. The highest BCUT2D eigenvalue weighted by Gasteiger charge is 2.39. The summed E-state index contributed by atoms with van der Waals surface area (Å²) in [6.45, 7) is 0.830. The van der Waals surface area contributed by atoms with Gasteiger partial charge in [0.15, 0.2) is 0 Å². The Kier molecular flexibility index (Phi) is 5.12. The van der Waals surface area contributed by atoms with Crippen molar-refractivity contribution in [3.8, 4) is 0 Å². The lowest BCUT2D eigenvalue weighted by atomic mass is 9.86. The third-order valence-electron chi connectivity index (χ3n) is 6.60. The molecule has 0 radical (unpaired) electrons. The Balaban J connectivity index is 1.42. The molecule has 2 fully saturated rings. The summed E-state index contributed by atoms with van der Waals surface area (Å²) in [4.78, 5) is 24.0. The van der Waals surface area contributed by atoms with Crippen LogP contribution in [0, 0.1) is 0 Å². The lowest BCUT2D eigenvalue weighted by molar-refractivity contribution is -0.137. The lowest BCUT2D eigenvalue weighted by Crippen LogP contribution is -2.45. The Morgan fingerprint density at radius 2 is 1.93 bits per heavy atom. The van der Waals surface area contributed by atoms with Gasteiger partial charge >= 0.3 is 0 Å². The van der Waals surface area contributed by atoms with Gasteiger partial charge in [-0.25, -0.2) is 4.98 Å². The number of rotatable bonds is 4.